The van der Waals surface area contributed by atoms with E-state index in [1.807, 2.05) is 0 Å². The summed E-state index contributed by atoms with van der Waals surface area (Å²) in [5, 5.41) is 26.3. The van der Waals surface area contributed by atoms with Gasteiger partial charge in [0.15, 0.2) is 0 Å². The van der Waals surface area contributed by atoms with Gasteiger partial charge in [-0.3, -0.25) is 14.4 Å². The van der Waals surface area contributed by atoms with Crippen molar-refractivity contribution < 1.29 is 29.4 Å². The number of carbonyl (C=O) groups excluding carboxylic acids is 3. The smallest absolute Gasteiger partial charge is 0.327 e. The number of hydrogen-bond acceptors (Lipinski definition) is 8. The van der Waals surface area contributed by atoms with Crippen molar-refractivity contribution in [2.24, 2.45) is 5.73 Å². The molecule has 2 aromatic rings. The van der Waals surface area contributed by atoms with Gasteiger partial charge in [0, 0.05) is 30.5 Å². The van der Waals surface area contributed by atoms with Crippen LogP contribution in [0.25, 0.3) is 0 Å². The maximum absolute atomic E-state index is 13.2. The first-order valence-corrected chi connectivity index (χ1v) is 11.4. The first-order chi connectivity index (χ1) is 16.6. The minimum absolute atomic E-state index is 0.0182. The predicted molar refractivity (Wildman–Crippen MR) is 129 cm³/mol. The van der Waals surface area contributed by atoms with Crippen molar-refractivity contribution in [3.63, 3.8) is 0 Å². The van der Waals surface area contributed by atoms with Crippen molar-refractivity contribution in [2.45, 2.75) is 50.0 Å². The number of aromatic nitrogens is 2. The number of aliphatic carboxylic acids is 1. The van der Waals surface area contributed by atoms with E-state index in [0.29, 0.717) is 5.69 Å². The van der Waals surface area contributed by atoms with Gasteiger partial charge in [0.1, 0.15) is 24.2 Å². The van der Waals surface area contributed by atoms with Crippen LogP contribution in [0.3, 0.4) is 0 Å². The number of H-pyrrole nitrogens is 1. The number of nitrogens with two attached hydrogens (primary N) is 1. The highest BCUT2D eigenvalue weighted by Crippen LogP contribution is 2.07. The number of aliphatic hydroxyl groups excluding tert-OH is 1. The van der Waals surface area contributed by atoms with Crippen molar-refractivity contribution in [3.05, 3.63) is 54.1 Å². The Labute approximate surface area is 207 Å². The number of amides is 3. The van der Waals surface area contributed by atoms with Gasteiger partial charge in [-0.25, -0.2) is 9.78 Å². The largest absolute Gasteiger partial charge is 0.480 e. The number of carboxylic acids is 1. The van der Waals surface area contributed by atoms with Crippen LogP contribution in [0.15, 0.2) is 42.9 Å². The molecule has 12 nitrogen and oxygen atoms in total. The van der Waals surface area contributed by atoms with E-state index in [4.69, 9.17) is 5.73 Å². The first kappa shape index (κ1) is 27.8. The average Bonchev–Trinajstić information content (AvgIpc) is 3.34. The van der Waals surface area contributed by atoms with E-state index < -0.39 is 54.0 Å². The van der Waals surface area contributed by atoms with E-state index in [-0.39, 0.29) is 18.6 Å². The van der Waals surface area contributed by atoms with Crippen LogP contribution in [-0.4, -0.2) is 79.9 Å². The third kappa shape index (κ3) is 8.70. The fraction of sp³-hybridized carbons (Fsp3) is 0.409. The van der Waals surface area contributed by atoms with E-state index in [0.717, 1.165) is 5.56 Å². The summed E-state index contributed by atoms with van der Waals surface area (Å²) in [5.41, 5.74) is 6.96. The Balaban J connectivity index is 2.25. The third-order valence-corrected chi connectivity index (χ3v) is 5.51. The Bertz CT molecular complexity index is 988. The lowest BCUT2D eigenvalue weighted by atomic mass is 10.0. The summed E-state index contributed by atoms with van der Waals surface area (Å²) < 4.78 is 0. The number of carbonyl (C=O) groups is 4. The number of rotatable bonds is 13. The number of nitrogens with zero attached hydrogens (tertiary/aromatic N) is 1. The summed E-state index contributed by atoms with van der Waals surface area (Å²) in [5.74, 6) is -3.62. The SMILES string of the molecule is CC(O)C(N)C(=O)NC(Cc1ccccc1)C(=O)NC(Cc1cnc[nH]1)C(=O)NC(CS)C(=O)O. The molecular weight excluding hydrogens is 476 g/mol. The Morgan fingerprint density at radius 1 is 1.00 bits per heavy atom. The van der Waals surface area contributed by atoms with Gasteiger partial charge in [-0.15, -0.1) is 0 Å². The average molecular weight is 507 g/mol. The van der Waals surface area contributed by atoms with Gasteiger partial charge in [0.05, 0.1) is 12.4 Å². The summed E-state index contributed by atoms with van der Waals surface area (Å²) >= 11 is 3.94. The standard InChI is InChI=1S/C22H30N6O6S/c1-12(29)18(23)21(32)27-15(7-13-5-3-2-4-6-13)19(30)26-16(8-14-9-24-11-25-14)20(31)28-17(10-35)22(33)34/h2-6,9,11-12,15-18,29,35H,7-8,10,23H2,1H3,(H,24,25)(H,26,30)(H,27,32)(H,28,31)(H,33,34). The molecule has 5 atom stereocenters. The minimum Gasteiger partial charge on any atom is -0.480 e. The molecule has 5 unspecified atom stereocenters. The molecule has 1 heterocycles. The van der Waals surface area contributed by atoms with Crippen LogP contribution in [-0.2, 0) is 32.0 Å². The van der Waals surface area contributed by atoms with Crippen LogP contribution in [0.1, 0.15) is 18.2 Å². The molecule has 35 heavy (non-hydrogen) atoms. The second kappa shape index (κ2) is 13.5. The highest BCUT2D eigenvalue weighted by Gasteiger charge is 2.31. The zero-order valence-corrected chi connectivity index (χ0v) is 19.9. The summed E-state index contributed by atoms with van der Waals surface area (Å²) in [7, 11) is 0. The molecule has 13 heteroatoms. The molecule has 0 saturated heterocycles. The molecule has 0 aliphatic rings. The van der Waals surface area contributed by atoms with Crippen LogP contribution in [0.2, 0.25) is 0 Å². The van der Waals surface area contributed by atoms with Crippen molar-refractivity contribution in [1.29, 1.82) is 0 Å². The highest BCUT2D eigenvalue weighted by molar-refractivity contribution is 7.80. The number of imidazole rings is 1. The van der Waals surface area contributed by atoms with E-state index in [9.17, 15) is 29.4 Å². The fourth-order valence-electron chi connectivity index (χ4n) is 3.10. The normalized spacial score (nSPS) is 15.2. The van der Waals surface area contributed by atoms with Crippen LogP contribution >= 0.6 is 12.6 Å². The topological polar surface area (TPSA) is 200 Å². The van der Waals surface area contributed by atoms with E-state index in [1.165, 1.54) is 19.4 Å². The fourth-order valence-corrected chi connectivity index (χ4v) is 3.35. The Hall–Kier alpha value is -3.42. The summed E-state index contributed by atoms with van der Waals surface area (Å²) in [6.45, 7) is 1.35. The van der Waals surface area contributed by atoms with E-state index >= 15 is 0 Å². The molecule has 0 aliphatic carbocycles. The molecule has 2 rings (SSSR count). The van der Waals surface area contributed by atoms with Crippen LogP contribution in [0.4, 0.5) is 0 Å². The number of carboxylic acid groups (broad SMARTS) is 1. The quantitative estimate of drug-likeness (QED) is 0.148. The lowest BCUT2D eigenvalue weighted by Gasteiger charge is -2.25. The van der Waals surface area contributed by atoms with Crippen molar-refractivity contribution in [3.8, 4) is 0 Å². The molecule has 0 aliphatic heterocycles. The van der Waals surface area contributed by atoms with Gasteiger partial charge in [-0.05, 0) is 12.5 Å². The van der Waals surface area contributed by atoms with Gasteiger partial charge in [-0.2, -0.15) is 12.6 Å². The highest BCUT2D eigenvalue weighted by atomic mass is 32.1. The first-order valence-electron chi connectivity index (χ1n) is 10.8. The minimum atomic E-state index is -1.28. The zero-order valence-electron chi connectivity index (χ0n) is 19.0. The molecule has 1 aromatic carbocycles. The lowest BCUT2D eigenvalue weighted by molar-refractivity contribution is -0.141. The monoisotopic (exact) mass is 506 g/mol. The molecule has 0 fully saturated rings. The maximum atomic E-state index is 13.2. The Morgan fingerprint density at radius 3 is 2.09 bits per heavy atom. The molecule has 0 bridgehead atoms. The molecule has 0 saturated carbocycles. The molecule has 190 valence electrons. The summed E-state index contributed by atoms with van der Waals surface area (Å²) in [6, 6.07) is 4.01. The Kier molecular flexibility index (Phi) is 10.7. The van der Waals surface area contributed by atoms with Crippen molar-refractivity contribution in [2.75, 3.05) is 5.75 Å². The van der Waals surface area contributed by atoms with E-state index in [2.05, 4.69) is 38.5 Å². The van der Waals surface area contributed by atoms with E-state index in [1.54, 1.807) is 30.3 Å². The number of nitrogens with one attached hydrogen (secondary N) is 4. The number of hydrogen-bond donors (Lipinski definition) is 8. The van der Waals surface area contributed by atoms with Gasteiger partial charge in [-0.1, -0.05) is 30.3 Å². The molecule has 8 N–H and O–H groups in total. The number of thiol groups is 1. The Morgan fingerprint density at radius 2 is 1.57 bits per heavy atom. The second-order valence-corrected chi connectivity index (χ2v) is 8.31. The van der Waals surface area contributed by atoms with Gasteiger partial charge in [0.25, 0.3) is 0 Å². The van der Waals surface area contributed by atoms with Crippen LogP contribution < -0.4 is 21.7 Å². The number of benzene rings is 1. The number of aliphatic hydroxyl groups is 1. The zero-order chi connectivity index (χ0) is 26.0. The molecule has 0 spiro atoms. The maximum Gasteiger partial charge on any atom is 0.327 e. The molecular formula is C22H30N6O6S. The van der Waals surface area contributed by atoms with Gasteiger partial charge >= 0.3 is 5.97 Å². The second-order valence-electron chi connectivity index (χ2n) is 7.94. The van der Waals surface area contributed by atoms with Crippen LogP contribution in [0, 0.1) is 0 Å². The van der Waals surface area contributed by atoms with Crippen molar-refractivity contribution in [1.82, 2.24) is 25.9 Å². The van der Waals surface area contributed by atoms with Gasteiger partial charge < -0.3 is 36.9 Å². The number of aromatic amines is 1. The lowest BCUT2D eigenvalue weighted by Crippen LogP contribution is -2.59. The van der Waals surface area contributed by atoms with Crippen LogP contribution in [0.5, 0.6) is 0 Å². The molecule has 0 radical (unpaired) electrons. The third-order valence-electron chi connectivity index (χ3n) is 5.15. The van der Waals surface area contributed by atoms with Gasteiger partial charge in [0.2, 0.25) is 17.7 Å². The summed E-state index contributed by atoms with van der Waals surface area (Å²) in [4.78, 5) is 56.6. The predicted octanol–water partition coefficient (Wildman–Crippen LogP) is -1.63. The molecule has 3 amide bonds. The molecule has 1 aromatic heterocycles. The summed E-state index contributed by atoms with van der Waals surface area (Å²) in [6.07, 6.45) is 1.77. The van der Waals surface area contributed by atoms with Crippen molar-refractivity contribution >= 4 is 36.3 Å².